The van der Waals surface area contributed by atoms with Gasteiger partial charge in [0.05, 0.1) is 0 Å². The topological polar surface area (TPSA) is 24.9 Å². The van der Waals surface area contributed by atoms with E-state index in [4.69, 9.17) is 11.6 Å². The van der Waals surface area contributed by atoms with Crippen LogP contribution in [0.25, 0.3) is 5.57 Å². The minimum atomic E-state index is 0.567. The van der Waals surface area contributed by atoms with E-state index in [-0.39, 0.29) is 0 Å². The molecule has 2 unspecified atom stereocenters. The van der Waals surface area contributed by atoms with Gasteiger partial charge >= 0.3 is 0 Å². The Labute approximate surface area is 101 Å². The average molecular weight is 235 g/mol. The average Bonchev–Trinajstić information content (AvgIpc) is 2.73. The third-order valence-corrected chi connectivity index (χ3v) is 3.81. The first-order valence-electron chi connectivity index (χ1n) is 5.89. The number of piperidine rings is 1. The van der Waals surface area contributed by atoms with Gasteiger partial charge in [-0.05, 0) is 48.9 Å². The molecule has 1 saturated heterocycles. The molecule has 3 heteroatoms. The highest BCUT2D eigenvalue weighted by molar-refractivity contribution is 6.29. The monoisotopic (exact) mass is 234 g/mol. The number of hydrogen-bond acceptors (Lipinski definition) is 2. The summed E-state index contributed by atoms with van der Waals surface area (Å²) in [6.07, 6.45) is 8.05. The summed E-state index contributed by atoms with van der Waals surface area (Å²) < 4.78 is 0. The van der Waals surface area contributed by atoms with Gasteiger partial charge in [0.1, 0.15) is 5.15 Å². The number of fused-ring (bicyclic) bond motifs is 1. The zero-order chi connectivity index (χ0) is 11.0. The van der Waals surface area contributed by atoms with Gasteiger partial charge in [0.25, 0.3) is 0 Å². The van der Waals surface area contributed by atoms with Gasteiger partial charge < -0.3 is 5.32 Å². The molecular weight excluding hydrogens is 220 g/mol. The lowest BCUT2D eigenvalue weighted by atomic mass is 9.94. The summed E-state index contributed by atoms with van der Waals surface area (Å²) in [6.45, 7) is 1.17. The highest BCUT2D eigenvalue weighted by Crippen LogP contribution is 2.35. The summed E-state index contributed by atoms with van der Waals surface area (Å²) in [5.74, 6) is 0.722. The van der Waals surface area contributed by atoms with E-state index in [2.05, 4.69) is 22.4 Å². The molecule has 1 fully saturated rings. The maximum absolute atomic E-state index is 5.80. The van der Waals surface area contributed by atoms with Gasteiger partial charge in [0.15, 0.2) is 0 Å². The molecule has 16 heavy (non-hydrogen) atoms. The van der Waals surface area contributed by atoms with E-state index in [1.165, 1.54) is 30.5 Å². The molecule has 1 N–H and O–H groups in total. The number of nitrogens with one attached hydrogen (secondary N) is 1. The van der Waals surface area contributed by atoms with Crippen molar-refractivity contribution in [2.75, 3.05) is 6.54 Å². The van der Waals surface area contributed by atoms with Crippen LogP contribution in [0, 0.1) is 5.92 Å². The third-order valence-electron chi connectivity index (χ3n) is 3.59. The second-order valence-corrected chi connectivity index (χ2v) is 5.02. The number of hydrogen-bond donors (Lipinski definition) is 1. The molecule has 1 aromatic heterocycles. The lowest BCUT2D eigenvalue weighted by molar-refractivity contribution is 0.348. The molecule has 0 saturated carbocycles. The maximum atomic E-state index is 5.80. The Morgan fingerprint density at radius 3 is 3.06 bits per heavy atom. The van der Waals surface area contributed by atoms with Crippen LogP contribution in [-0.4, -0.2) is 17.6 Å². The first-order chi connectivity index (χ1) is 7.83. The molecule has 2 aliphatic rings. The van der Waals surface area contributed by atoms with E-state index in [1.54, 1.807) is 0 Å². The van der Waals surface area contributed by atoms with Crippen LogP contribution < -0.4 is 5.32 Å². The minimum Gasteiger partial charge on any atom is -0.313 e. The number of pyridine rings is 1. The molecule has 1 aliphatic carbocycles. The summed E-state index contributed by atoms with van der Waals surface area (Å²) in [5.41, 5.74) is 2.65. The SMILES string of the molecule is Clc1ccc(C2=CC3CCCNC3C2)cn1. The van der Waals surface area contributed by atoms with Crippen molar-refractivity contribution in [3.05, 3.63) is 35.1 Å². The smallest absolute Gasteiger partial charge is 0.129 e. The summed E-state index contributed by atoms with van der Waals surface area (Å²) in [4.78, 5) is 4.15. The summed E-state index contributed by atoms with van der Waals surface area (Å²) >= 11 is 5.80. The van der Waals surface area contributed by atoms with Crippen molar-refractivity contribution in [3.8, 4) is 0 Å². The Morgan fingerprint density at radius 1 is 1.38 bits per heavy atom. The van der Waals surface area contributed by atoms with Gasteiger partial charge in [0, 0.05) is 12.2 Å². The summed E-state index contributed by atoms with van der Waals surface area (Å²) in [7, 11) is 0. The van der Waals surface area contributed by atoms with Crippen molar-refractivity contribution in [1.82, 2.24) is 10.3 Å². The van der Waals surface area contributed by atoms with Gasteiger partial charge in [-0.15, -0.1) is 0 Å². The largest absolute Gasteiger partial charge is 0.313 e. The predicted molar refractivity (Wildman–Crippen MR) is 66.4 cm³/mol. The molecule has 3 rings (SSSR count). The quantitative estimate of drug-likeness (QED) is 0.756. The third kappa shape index (κ3) is 1.87. The van der Waals surface area contributed by atoms with Crippen LogP contribution in [0.15, 0.2) is 24.4 Å². The van der Waals surface area contributed by atoms with Gasteiger partial charge in [-0.25, -0.2) is 4.98 Å². The molecule has 0 aromatic carbocycles. The Bertz CT molecular complexity index is 410. The van der Waals surface area contributed by atoms with Gasteiger partial charge in [-0.2, -0.15) is 0 Å². The first kappa shape index (κ1) is 10.3. The number of aromatic nitrogens is 1. The number of halogens is 1. The van der Waals surface area contributed by atoms with Crippen LogP contribution in [-0.2, 0) is 0 Å². The van der Waals surface area contributed by atoms with E-state index >= 15 is 0 Å². The van der Waals surface area contributed by atoms with Crippen LogP contribution in [0.5, 0.6) is 0 Å². The Hall–Kier alpha value is -0.860. The summed E-state index contributed by atoms with van der Waals surface area (Å²) in [6, 6.07) is 4.59. The summed E-state index contributed by atoms with van der Waals surface area (Å²) in [5, 5.41) is 4.16. The molecule has 0 amide bonds. The highest BCUT2D eigenvalue weighted by atomic mass is 35.5. The van der Waals surface area contributed by atoms with Crippen molar-refractivity contribution in [3.63, 3.8) is 0 Å². The van der Waals surface area contributed by atoms with E-state index in [1.807, 2.05) is 12.3 Å². The van der Waals surface area contributed by atoms with E-state index in [0.717, 1.165) is 12.3 Å². The van der Waals surface area contributed by atoms with Gasteiger partial charge in [-0.3, -0.25) is 0 Å². The van der Waals surface area contributed by atoms with Crippen LogP contribution in [0.2, 0.25) is 5.15 Å². The molecule has 2 nitrogen and oxygen atoms in total. The lowest BCUT2D eigenvalue weighted by Gasteiger charge is -2.25. The molecule has 0 bridgehead atoms. The van der Waals surface area contributed by atoms with Crippen molar-refractivity contribution >= 4 is 17.2 Å². The van der Waals surface area contributed by atoms with Crippen LogP contribution >= 0.6 is 11.6 Å². The van der Waals surface area contributed by atoms with Crippen LogP contribution in [0.3, 0.4) is 0 Å². The van der Waals surface area contributed by atoms with Crippen molar-refractivity contribution in [2.24, 2.45) is 5.92 Å². The molecule has 2 heterocycles. The fourth-order valence-corrected chi connectivity index (χ4v) is 2.86. The van der Waals surface area contributed by atoms with E-state index in [0.29, 0.717) is 11.2 Å². The van der Waals surface area contributed by atoms with Crippen LogP contribution in [0.1, 0.15) is 24.8 Å². The molecule has 1 aromatic rings. The Kier molecular flexibility index (Phi) is 2.70. The molecule has 0 radical (unpaired) electrons. The van der Waals surface area contributed by atoms with Crippen LogP contribution in [0.4, 0.5) is 0 Å². The van der Waals surface area contributed by atoms with E-state index < -0.39 is 0 Å². The van der Waals surface area contributed by atoms with Crippen molar-refractivity contribution < 1.29 is 0 Å². The van der Waals surface area contributed by atoms with E-state index in [9.17, 15) is 0 Å². The molecule has 0 spiro atoms. The molecule has 2 atom stereocenters. The Balaban J connectivity index is 1.83. The zero-order valence-corrected chi connectivity index (χ0v) is 9.87. The van der Waals surface area contributed by atoms with Gasteiger partial charge in [0.2, 0.25) is 0 Å². The number of rotatable bonds is 1. The second-order valence-electron chi connectivity index (χ2n) is 4.63. The molecule has 1 aliphatic heterocycles. The fourth-order valence-electron chi connectivity index (χ4n) is 2.74. The highest BCUT2D eigenvalue weighted by Gasteiger charge is 2.29. The molecular formula is C13H15ClN2. The van der Waals surface area contributed by atoms with Crippen molar-refractivity contribution in [2.45, 2.75) is 25.3 Å². The number of nitrogens with zero attached hydrogens (tertiary/aromatic N) is 1. The predicted octanol–water partition coefficient (Wildman–Crippen LogP) is 2.89. The van der Waals surface area contributed by atoms with Gasteiger partial charge in [-0.1, -0.05) is 23.7 Å². The fraction of sp³-hybridized carbons (Fsp3) is 0.462. The molecule has 84 valence electrons. The second kappa shape index (κ2) is 4.19. The lowest BCUT2D eigenvalue weighted by Crippen LogP contribution is -2.37. The Morgan fingerprint density at radius 2 is 2.31 bits per heavy atom. The minimum absolute atomic E-state index is 0.567. The zero-order valence-electron chi connectivity index (χ0n) is 9.12. The van der Waals surface area contributed by atoms with Crippen molar-refractivity contribution in [1.29, 1.82) is 0 Å². The standard InChI is InChI=1S/C13H15ClN2/c14-13-4-3-10(8-16-13)11-6-9-2-1-5-15-12(9)7-11/h3-4,6,8-9,12,15H,1-2,5,7H2. The maximum Gasteiger partial charge on any atom is 0.129 e. The normalized spacial score (nSPS) is 28.7. The first-order valence-corrected chi connectivity index (χ1v) is 6.27.